The lowest BCUT2D eigenvalue weighted by Gasteiger charge is -2.05. The van der Waals surface area contributed by atoms with Crippen LogP contribution in [0.15, 0.2) is 42.7 Å². The van der Waals surface area contributed by atoms with Gasteiger partial charge < -0.3 is 11.1 Å². The van der Waals surface area contributed by atoms with Crippen LogP contribution in [0.25, 0.3) is 0 Å². The van der Waals surface area contributed by atoms with Crippen LogP contribution in [-0.4, -0.2) is 28.3 Å². The van der Waals surface area contributed by atoms with E-state index in [4.69, 9.17) is 5.73 Å². The van der Waals surface area contributed by atoms with Gasteiger partial charge in [0.2, 0.25) is 5.91 Å². The number of pyridine rings is 2. The molecule has 0 saturated carbocycles. The number of nitrogens with zero attached hydrogens (tertiary/aromatic N) is 2. The third-order valence-electron chi connectivity index (χ3n) is 2.88. The lowest BCUT2D eigenvalue weighted by Crippen LogP contribution is -2.27. The smallest absolute Gasteiger partial charge is 0.267 e. The van der Waals surface area contributed by atoms with Crippen LogP contribution in [0.4, 0.5) is 0 Å². The van der Waals surface area contributed by atoms with Crippen molar-refractivity contribution in [2.45, 2.75) is 12.8 Å². The van der Waals surface area contributed by atoms with Crippen LogP contribution in [0.1, 0.15) is 21.7 Å². The monoisotopic (exact) mass is 284 g/mol. The molecule has 2 rings (SSSR count). The number of amides is 2. The minimum absolute atomic E-state index is 0.0853. The van der Waals surface area contributed by atoms with Gasteiger partial charge in [-0.25, -0.2) is 0 Å². The Morgan fingerprint density at radius 3 is 2.71 bits per heavy atom. The molecule has 0 aliphatic carbocycles. The molecule has 108 valence electrons. The molecule has 2 heterocycles. The summed E-state index contributed by atoms with van der Waals surface area (Å²) in [6.07, 6.45) is 4.05. The summed E-state index contributed by atoms with van der Waals surface area (Å²) in [6, 6.07) is 8.88. The van der Waals surface area contributed by atoms with Crippen LogP contribution in [-0.2, 0) is 17.6 Å². The number of aromatic nitrogens is 2. The fourth-order valence-corrected chi connectivity index (χ4v) is 1.84. The van der Waals surface area contributed by atoms with E-state index in [-0.39, 0.29) is 18.0 Å². The highest BCUT2D eigenvalue weighted by Crippen LogP contribution is 2.02. The number of hydrogen-bond donors (Lipinski definition) is 2. The number of hydrogen-bond acceptors (Lipinski definition) is 4. The molecule has 0 fully saturated rings. The predicted molar refractivity (Wildman–Crippen MR) is 77.4 cm³/mol. The second kappa shape index (κ2) is 7.14. The second-order valence-corrected chi connectivity index (χ2v) is 4.51. The summed E-state index contributed by atoms with van der Waals surface area (Å²) in [4.78, 5) is 30.7. The van der Waals surface area contributed by atoms with E-state index in [1.807, 2.05) is 12.1 Å². The first kappa shape index (κ1) is 14.6. The minimum atomic E-state index is -0.559. The van der Waals surface area contributed by atoms with Gasteiger partial charge in [-0.2, -0.15) is 0 Å². The maximum absolute atomic E-state index is 11.7. The summed E-state index contributed by atoms with van der Waals surface area (Å²) in [5.41, 5.74) is 7.03. The molecule has 2 aromatic rings. The summed E-state index contributed by atoms with van der Waals surface area (Å²) in [7, 11) is 0. The van der Waals surface area contributed by atoms with Crippen molar-refractivity contribution in [2.24, 2.45) is 5.73 Å². The van der Waals surface area contributed by atoms with E-state index in [2.05, 4.69) is 15.3 Å². The van der Waals surface area contributed by atoms with Gasteiger partial charge in [0.05, 0.1) is 6.42 Å². The topological polar surface area (TPSA) is 98.0 Å². The molecule has 2 aromatic heterocycles. The van der Waals surface area contributed by atoms with Crippen LogP contribution in [0.2, 0.25) is 0 Å². The van der Waals surface area contributed by atoms with Gasteiger partial charge in [0, 0.05) is 24.6 Å². The molecule has 0 spiro atoms. The highest BCUT2D eigenvalue weighted by molar-refractivity contribution is 5.90. The van der Waals surface area contributed by atoms with Gasteiger partial charge in [-0.3, -0.25) is 19.6 Å². The van der Waals surface area contributed by atoms with Crippen LogP contribution < -0.4 is 11.1 Å². The van der Waals surface area contributed by atoms with E-state index in [0.29, 0.717) is 13.0 Å². The lowest BCUT2D eigenvalue weighted by molar-refractivity contribution is -0.120. The Labute approximate surface area is 122 Å². The molecule has 0 saturated heterocycles. The third kappa shape index (κ3) is 4.68. The molecule has 0 bridgehead atoms. The van der Waals surface area contributed by atoms with E-state index >= 15 is 0 Å². The van der Waals surface area contributed by atoms with Crippen molar-refractivity contribution in [1.82, 2.24) is 15.3 Å². The van der Waals surface area contributed by atoms with Crippen LogP contribution in [0.5, 0.6) is 0 Å². The molecule has 0 radical (unpaired) electrons. The van der Waals surface area contributed by atoms with Crippen LogP contribution in [0.3, 0.4) is 0 Å². The van der Waals surface area contributed by atoms with E-state index in [1.54, 1.807) is 24.4 Å². The van der Waals surface area contributed by atoms with Gasteiger partial charge in [0.25, 0.3) is 5.91 Å². The lowest BCUT2D eigenvalue weighted by atomic mass is 10.1. The average Bonchev–Trinajstić information content (AvgIpc) is 2.48. The molecule has 0 aliphatic rings. The van der Waals surface area contributed by atoms with E-state index in [1.165, 1.54) is 6.20 Å². The zero-order valence-electron chi connectivity index (χ0n) is 11.5. The highest BCUT2D eigenvalue weighted by atomic mass is 16.2. The first-order valence-corrected chi connectivity index (χ1v) is 6.56. The number of rotatable bonds is 6. The Kier molecular flexibility index (Phi) is 4.98. The zero-order valence-corrected chi connectivity index (χ0v) is 11.5. The number of carbonyl (C=O) groups excluding carboxylic acids is 2. The van der Waals surface area contributed by atoms with Gasteiger partial charge in [0.1, 0.15) is 5.69 Å². The zero-order chi connectivity index (χ0) is 15.1. The van der Waals surface area contributed by atoms with Gasteiger partial charge in [0.15, 0.2) is 0 Å². The summed E-state index contributed by atoms with van der Waals surface area (Å²) >= 11 is 0. The van der Waals surface area contributed by atoms with Crippen molar-refractivity contribution in [2.75, 3.05) is 6.54 Å². The first-order chi connectivity index (χ1) is 10.1. The van der Waals surface area contributed by atoms with Crippen molar-refractivity contribution >= 4 is 11.8 Å². The van der Waals surface area contributed by atoms with Gasteiger partial charge >= 0.3 is 0 Å². The summed E-state index contributed by atoms with van der Waals surface area (Å²) in [5, 5.41) is 2.81. The summed E-state index contributed by atoms with van der Waals surface area (Å²) in [6.45, 7) is 0.480. The Bertz CT molecular complexity index is 629. The van der Waals surface area contributed by atoms with Crippen LogP contribution in [0, 0.1) is 0 Å². The number of nitrogens with one attached hydrogen (secondary N) is 1. The number of primary amides is 1. The minimum Gasteiger partial charge on any atom is -0.364 e. The maximum atomic E-state index is 11.7. The van der Waals surface area contributed by atoms with Gasteiger partial charge in [-0.05, 0) is 36.2 Å². The van der Waals surface area contributed by atoms with E-state index in [0.717, 1.165) is 11.3 Å². The fraction of sp³-hybridized carbons (Fsp3) is 0.200. The van der Waals surface area contributed by atoms with Gasteiger partial charge in [-0.15, -0.1) is 0 Å². The molecule has 0 aromatic carbocycles. The average molecular weight is 284 g/mol. The number of carbonyl (C=O) groups is 2. The van der Waals surface area contributed by atoms with E-state index < -0.39 is 5.91 Å². The van der Waals surface area contributed by atoms with Crippen molar-refractivity contribution < 1.29 is 9.59 Å². The van der Waals surface area contributed by atoms with E-state index in [9.17, 15) is 9.59 Å². The molecule has 6 heteroatoms. The normalized spacial score (nSPS) is 10.1. The Morgan fingerprint density at radius 2 is 2.00 bits per heavy atom. The summed E-state index contributed by atoms with van der Waals surface area (Å²) in [5.74, 6) is -0.645. The number of nitrogens with two attached hydrogens (primary N) is 1. The molecule has 6 nitrogen and oxygen atoms in total. The van der Waals surface area contributed by atoms with Crippen molar-refractivity contribution in [3.05, 3.63) is 59.7 Å². The van der Waals surface area contributed by atoms with Crippen LogP contribution >= 0.6 is 0 Å². The quantitative estimate of drug-likeness (QED) is 0.806. The van der Waals surface area contributed by atoms with Crippen molar-refractivity contribution in [3.8, 4) is 0 Å². The predicted octanol–water partition coefficient (Wildman–Crippen LogP) is 0.477. The fourth-order valence-electron chi connectivity index (χ4n) is 1.84. The highest BCUT2D eigenvalue weighted by Gasteiger charge is 2.05. The van der Waals surface area contributed by atoms with Crippen molar-refractivity contribution in [3.63, 3.8) is 0 Å². The first-order valence-electron chi connectivity index (χ1n) is 6.56. The Morgan fingerprint density at radius 1 is 1.14 bits per heavy atom. The SMILES string of the molecule is NC(=O)c1cc(CCNC(=O)Cc2ccccn2)ccn1. The Balaban J connectivity index is 1.80. The molecule has 0 aliphatic heterocycles. The standard InChI is InChI=1S/C15H16N4O2/c16-15(21)13-9-11(4-7-18-13)5-8-19-14(20)10-12-3-1-2-6-17-12/h1-4,6-7,9H,5,8,10H2,(H2,16,21)(H,19,20). The molecule has 21 heavy (non-hydrogen) atoms. The third-order valence-corrected chi connectivity index (χ3v) is 2.88. The molecule has 2 amide bonds. The molecular weight excluding hydrogens is 268 g/mol. The molecular formula is C15H16N4O2. The maximum Gasteiger partial charge on any atom is 0.267 e. The molecule has 3 N–H and O–H groups in total. The molecule has 0 unspecified atom stereocenters. The summed E-state index contributed by atoms with van der Waals surface area (Å²) < 4.78 is 0. The second-order valence-electron chi connectivity index (χ2n) is 4.51. The van der Waals surface area contributed by atoms with Gasteiger partial charge in [-0.1, -0.05) is 6.07 Å². The van der Waals surface area contributed by atoms with Crippen molar-refractivity contribution in [1.29, 1.82) is 0 Å². The molecule has 0 atom stereocenters. The largest absolute Gasteiger partial charge is 0.364 e. The Hall–Kier alpha value is -2.76.